The lowest BCUT2D eigenvalue weighted by Crippen LogP contribution is -2.43. The Labute approximate surface area is 93.5 Å². The van der Waals surface area contributed by atoms with E-state index >= 15 is 0 Å². The molecule has 1 rings (SSSR count). The fourth-order valence-corrected chi connectivity index (χ4v) is 1.19. The minimum Gasteiger partial charge on any atom is -0.419 e. The van der Waals surface area contributed by atoms with Crippen molar-refractivity contribution in [3.63, 3.8) is 0 Å². The van der Waals surface area contributed by atoms with Gasteiger partial charge in [0.25, 0.3) is 5.79 Å². The van der Waals surface area contributed by atoms with Crippen molar-refractivity contribution in [2.45, 2.75) is 33.5 Å². The van der Waals surface area contributed by atoms with Crippen LogP contribution in [0.25, 0.3) is 0 Å². The monoisotopic (exact) mass is 229 g/mol. The predicted molar refractivity (Wildman–Crippen MR) is 53.7 cm³/mol. The van der Waals surface area contributed by atoms with Crippen molar-refractivity contribution in [3.8, 4) is 0 Å². The summed E-state index contributed by atoms with van der Waals surface area (Å²) in [5, 5.41) is 0. The molecule has 6 nitrogen and oxygen atoms in total. The molecule has 0 amide bonds. The first-order chi connectivity index (χ1) is 7.37. The molecule has 0 aromatic rings. The van der Waals surface area contributed by atoms with Gasteiger partial charge in [-0.3, -0.25) is 10.3 Å². The first-order valence-electron chi connectivity index (χ1n) is 4.92. The third kappa shape index (κ3) is 2.73. The second-order valence-corrected chi connectivity index (χ2v) is 3.71. The van der Waals surface area contributed by atoms with Crippen molar-refractivity contribution < 1.29 is 23.9 Å². The molecule has 1 fully saturated rings. The minimum atomic E-state index is -1.22. The van der Waals surface area contributed by atoms with Crippen LogP contribution in [0, 0.1) is 0 Å². The van der Waals surface area contributed by atoms with Gasteiger partial charge in [0.1, 0.15) is 0 Å². The molecular formula is C10H15NO5. The van der Waals surface area contributed by atoms with E-state index in [1.54, 1.807) is 6.92 Å². The molecule has 1 saturated heterocycles. The van der Waals surface area contributed by atoms with Crippen LogP contribution in [0.3, 0.4) is 0 Å². The standard InChI is InChI=1S/C10H15NO5/c1-5-14-11-6(2)7-8(12)15-10(3,4)16-9(7)13/h11H,5H2,1-4H3. The maximum absolute atomic E-state index is 11.5. The Hall–Kier alpha value is -1.56. The van der Waals surface area contributed by atoms with Crippen molar-refractivity contribution >= 4 is 11.9 Å². The number of hydrogen-bond acceptors (Lipinski definition) is 6. The lowest BCUT2D eigenvalue weighted by atomic mass is 10.2. The van der Waals surface area contributed by atoms with Gasteiger partial charge in [0.15, 0.2) is 5.57 Å². The Kier molecular flexibility index (Phi) is 3.54. The van der Waals surface area contributed by atoms with E-state index in [1.165, 1.54) is 20.8 Å². The van der Waals surface area contributed by atoms with Gasteiger partial charge in [-0.25, -0.2) is 9.59 Å². The molecule has 1 heterocycles. The SMILES string of the molecule is CCONC(C)=C1C(=O)OC(C)(C)OC1=O. The highest BCUT2D eigenvalue weighted by molar-refractivity contribution is 6.15. The number of allylic oxidation sites excluding steroid dienone is 1. The molecule has 1 N–H and O–H groups in total. The van der Waals surface area contributed by atoms with Crippen LogP contribution < -0.4 is 5.48 Å². The fraction of sp³-hybridized carbons (Fsp3) is 0.600. The summed E-state index contributed by atoms with van der Waals surface area (Å²) in [6, 6.07) is 0. The van der Waals surface area contributed by atoms with Crippen molar-refractivity contribution in [2.75, 3.05) is 6.61 Å². The van der Waals surface area contributed by atoms with Gasteiger partial charge in [-0.05, 0) is 13.8 Å². The van der Waals surface area contributed by atoms with Crippen LogP contribution >= 0.6 is 0 Å². The zero-order chi connectivity index (χ0) is 12.3. The summed E-state index contributed by atoms with van der Waals surface area (Å²) in [5.41, 5.74) is 2.57. The Morgan fingerprint density at radius 3 is 2.25 bits per heavy atom. The molecule has 0 aromatic carbocycles. The zero-order valence-corrected chi connectivity index (χ0v) is 9.75. The third-order valence-electron chi connectivity index (χ3n) is 1.83. The average Bonchev–Trinajstić information content (AvgIpc) is 2.11. The Bertz CT molecular complexity index is 323. The number of carbonyl (C=O) groups is 2. The number of hydrogen-bond donors (Lipinski definition) is 1. The van der Waals surface area contributed by atoms with Crippen LogP contribution in [0.4, 0.5) is 0 Å². The molecule has 0 bridgehead atoms. The van der Waals surface area contributed by atoms with Crippen molar-refractivity contribution in [1.82, 2.24) is 5.48 Å². The molecule has 90 valence electrons. The summed E-state index contributed by atoms with van der Waals surface area (Å²) in [6.45, 7) is 6.69. The number of rotatable bonds is 3. The van der Waals surface area contributed by atoms with Crippen molar-refractivity contribution in [1.29, 1.82) is 0 Å². The number of esters is 2. The highest BCUT2D eigenvalue weighted by Crippen LogP contribution is 2.23. The molecule has 6 heteroatoms. The molecule has 0 unspecified atom stereocenters. The normalized spacial score (nSPS) is 18.9. The number of ether oxygens (including phenoxy) is 2. The second-order valence-electron chi connectivity index (χ2n) is 3.71. The van der Waals surface area contributed by atoms with E-state index in [4.69, 9.17) is 14.3 Å². The lowest BCUT2D eigenvalue weighted by Gasteiger charge is -2.30. The highest BCUT2D eigenvalue weighted by Gasteiger charge is 2.40. The van der Waals surface area contributed by atoms with Gasteiger partial charge in [-0.2, -0.15) is 0 Å². The van der Waals surface area contributed by atoms with E-state index < -0.39 is 17.7 Å². The van der Waals surface area contributed by atoms with E-state index in [2.05, 4.69) is 5.48 Å². The third-order valence-corrected chi connectivity index (χ3v) is 1.83. The Morgan fingerprint density at radius 2 is 1.81 bits per heavy atom. The second kappa shape index (κ2) is 4.52. The van der Waals surface area contributed by atoms with Crippen molar-refractivity contribution in [3.05, 3.63) is 11.3 Å². The number of carbonyl (C=O) groups excluding carboxylic acids is 2. The first kappa shape index (κ1) is 12.5. The summed E-state index contributed by atoms with van der Waals surface area (Å²) >= 11 is 0. The summed E-state index contributed by atoms with van der Waals surface area (Å²) < 4.78 is 9.84. The smallest absolute Gasteiger partial charge is 0.350 e. The largest absolute Gasteiger partial charge is 0.419 e. The molecule has 0 aromatic heterocycles. The van der Waals surface area contributed by atoms with Gasteiger partial charge in [0, 0.05) is 13.8 Å². The minimum absolute atomic E-state index is 0.173. The van der Waals surface area contributed by atoms with E-state index in [0.29, 0.717) is 6.61 Å². The summed E-state index contributed by atoms with van der Waals surface area (Å²) in [7, 11) is 0. The van der Waals surface area contributed by atoms with Crippen LogP contribution in [0.15, 0.2) is 11.3 Å². The molecule has 1 aliphatic heterocycles. The maximum Gasteiger partial charge on any atom is 0.350 e. The average molecular weight is 229 g/mol. The maximum atomic E-state index is 11.5. The van der Waals surface area contributed by atoms with E-state index in [1.807, 2.05) is 0 Å². The molecule has 16 heavy (non-hydrogen) atoms. The molecule has 1 aliphatic rings. The van der Waals surface area contributed by atoms with Crippen LogP contribution in [0.1, 0.15) is 27.7 Å². The molecule has 0 atom stereocenters. The number of cyclic esters (lactones) is 2. The fourth-order valence-electron chi connectivity index (χ4n) is 1.19. The topological polar surface area (TPSA) is 73.9 Å². The molecular weight excluding hydrogens is 214 g/mol. The zero-order valence-electron chi connectivity index (χ0n) is 9.75. The summed E-state index contributed by atoms with van der Waals surface area (Å²) in [4.78, 5) is 28.0. The highest BCUT2D eigenvalue weighted by atomic mass is 16.7. The van der Waals surface area contributed by atoms with Crippen molar-refractivity contribution in [2.24, 2.45) is 0 Å². The van der Waals surface area contributed by atoms with E-state index in [-0.39, 0.29) is 11.3 Å². The number of hydroxylamine groups is 1. The van der Waals surface area contributed by atoms with E-state index in [9.17, 15) is 9.59 Å². The first-order valence-corrected chi connectivity index (χ1v) is 4.92. The number of nitrogens with one attached hydrogen (secondary N) is 1. The van der Waals surface area contributed by atoms with Gasteiger partial charge >= 0.3 is 11.9 Å². The summed E-state index contributed by atoms with van der Waals surface area (Å²) in [5.74, 6) is -2.65. The molecule has 0 spiro atoms. The van der Waals surface area contributed by atoms with Crippen LogP contribution in [0.2, 0.25) is 0 Å². The van der Waals surface area contributed by atoms with Gasteiger partial charge in [-0.15, -0.1) is 0 Å². The molecule has 0 radical (unpaired) electrons. The van der Waals surface area contributed by atoms with Gasteiger partial charge in [0.2, 0.25) is 0 Å². The van der Waals surface area contributed by atoms with E-state index in [0.717, 1.165) is 0 Å². The predicted octanol–water partition coefficient (Wildman–Crippen LogP) is 0.638. The summed E-state index contributed by atoms with van der Waals surface area (Å²) in [6.07, 6.45) is 0. The lowest BCUT2D eigenvalue weighted by molar-refractivity contribution is -0.222. The van der Waals surface area contributed by atoms with Crippen LogP contribution in [0.5, 0.6) is 0 Å². The van der Waals surface area contributed by atoms with Gasteiger partial charge in [-0.1, -0.05) is 0 Å². The molecule has 0 saturated carbocycles. The Morgan fingerprint density at radius 1 is 1.31 bits per heavy atom. The quantitative estimate of drug-likeness (QED) is 0.331. The van der Waals surface area contributed by atoms with Crippen LogP contribution in [-0.2, 0) is 23.9 Å². The van der Waals surface area contributed by atoms with Crippen LogP contribution in [-0.4, -0.2) is 24.3 Å². The van der Waals surface area contributed by atoms with Gasteiger partial charge in [0.05, 0.1) is 12.3 Å². The Balaban J connectivity index is 2.89. The molecule has 0 aliphatic carbocycles. The van der Waals surface area contributed by atoms with Gasteiger partial charge < -0.3 is 9.47 Å².